The molecule has 0 spiro atoms. The van der Waals surface area contributed by atoms with Crippen molar-refractivity contribution >= 4 is 17.8 Å². The summed E-state index contributed by atoms with van der Waals surface area (Å²) in [6.07, 6.45) is 0. The van der Waals surface area contributed by atoms with E-state index in [9.17, 15) is 14.4 Å². The Labute approximate surface area is 158 Å². The Morgan fingerprint density at radius 1 is 1.00 bits per heavy atom. The quantitative estimate of drug-likeness (QED) is 0.735. The summed E-state index contributed by atoms with van der Waals surface area (Å²) in [5.74, 6) is -1.44. The lowest BCUT2D eigenvalue weighted by Crippen LogP contribution is -2.34. The topological polar surface area (TPSA) is 84.5 Å². The van der Waals surface area contributed by atoms with Crippen molar-refractivity contribution in [3.8, 4) is 0 Å². The van der Waals surface area contributed by atoms with Crippen molar-refractivity contribution in [2.75, 3.05) is 13.2 Å². The number of esters is 1. The van der Waals surface area contributed by atoms with Gasteiger partial charge in [0.25, 0.3) is 11.8 Å². The molecule has 0 aliphatic carbocycles. The first-order valence-electron chi connectivity index (χ1n) is 8.72. The van der Waals surface area contributed by atoms with E-state index in [2.05, 4.69) is 10.6 Å². The molecule has 0 saturated heterocycles. The van der Waals surface area contributed by atoms with E-state index in [0.717, 1.165) is 16.7 Å². The molecule has 0 unspecified atom stereocenters. The van der Waals surface area contributed by atoms with E-state index in [1.54, 1.807) is 12.1 Å². The number of hydrogen-bond donors (Lipinski definition) is 2. The highest BCUT2D eigenvalue weighted by Crippen LogP contribution is 2.11. The largest absolute Gasteiger partial charge is 0.454 e. The first-order chi connectivity index (χ1) is 12.9. The predicted octanol–water partition coefficient (Wildman–Crippen LogP) is 2.45. The van der Waals surface area contributed by atoms with Gasteiger partial charge in [0.05, 0.1) is 6.04 Å². The van der Waals surface area contributed by atoms with E-state index in [4.69, 9.17) is 4.74 Å². The molecule has 0 radical (unpaired) electrons. The molecule has 0 aliphatic rings. The van der Waals surface area contributed by atoms with E-state index in [0.29, 0.717) is 5.56 Å². The maximum atomic E-state index is 12.1. The second-order valence-electron chi connectivity index (χ2n) is 6.34. The van der Waals surface area contributed by atoms with Gasteiger partial charge in [0.15, 0.2) is 6.61 Å². The summed E-state index contributed by atoms with van der Waals surface area (Å²) in [5.41, 5.74) is 3.51. The summed E-state index contributed by atoms with van der Waals surface area (Å²) in [6, 6.07) is 14.6. The lowest BCUT2D eigenvalue weighted by atomic mass is 10.1. The molecular weight excluding hydrogens is 344 g/mol. The van der Waals surface area contributed by atoms with Crippen molar-refractivity contribution < 1.29 is 19.1 Å². The summed E-state index contributed by atoms with van der Waals surface area (Å²) in [5, 5.41) is 5.24. The maximum absolute atomic E-state index is 12.1. The molecule has 2 aromatic rings. The van der Waals surface area contributed by atoms with Crippen LogP contribution in [0.3, 0.4) is 0 Å². The fraction of sp³-hybridized carbons (Fsp3) is 0.286. The van der Waals surface area contributed by atoms with Crippen LogP contribution in [0, 0.1) is 13.8 Å². The van der Waals surface area contributed by atoms with Gasteiger partial charge in [0.2, 0.25) is 0 Å². The molecule has 0 aliphatic heterocycles. The zero-order chi connectivity index (χ0) is 19.8. The molecule has 0 heterocycles. The minimum Gasteiger partial charge on any atom is -0.454 e. The number of carbonyl (C=O) groups is 3. The Kier molecular flexibility index (Phi) is 7.11. The molecule has 6 heteroatoms. The van der Waals surface area contributed by atoms with Crippen LogP contribution in [0.25, 0.3) is 0 Å². The molecule has 6 nitrogen and oxygen atoms in total. The Balaban J connectivity index is 1.73. The van der Waals surface area contributed by atoms with E-state index >= 15 is 0 Å². The SMILES string of the molecule is Cc1ccc(C(=O)NCC(=O)OCC(=O)N[C@H](C)c2ccccc2)cc1C. The number of carbonyl (C=O) groups excluding carboxylic acids is 3. The standard InChI is InChI=1S/C21H24N2O4/c1-14-9-10-18(11-15(14)2)21(26)22-12-20(25)27-13-19(24)23-16(3)17-7-5-4-6-8-17/h4-11,16H,12-13H2,1-3H3,(H,22,26)(H,23,24)/t16-/m1/s1. The van der Waals surface area contributed by atoms with Gasteiger partial charge in [-0.15, -0.1) is 0 Å². The van der Waals surface area contributed by atoms with Gasteiger partial charge in [0, 0.05) is 5.56 Å². The van der Waals surface area contributed by atoms with Crippen LogP contribution in [0.1, 0.15) is 40.0 Å². The lowest BCUT2D eigenvalue weighted by Gasteiger charge is -2.14. The van der Waals surface area contributed by atoms with E-state index in [1.165, 1.54) is 0 Å². The summed E-state index contributed by atoms with van der Waals surface area (Å²) >= 11 is 0. The lowest BCUT2D eigenvalue weighted by molar-refractivity contribution is -0.147. The number of aryl methyl sites for hydroxylation is 2. The predicted molar refractivity (Wildman–Crippen MR) is 102 cm³/mol. The molecule has 27 heavy (non-hydrogen) atoms. The minimum absolute atomic E-state index is 0.193. The molecule has 2 rings (SSSR count). The number of ether oxygens (including phenoxy) is 1. The number of hydrogen-bond acceptors (Lipinski definition) is 4. The third-order valence-corrected chi connectivity index (χ3v) is 4.20. The summed E-state index contributed by atoms with van der Waals surface area (Å²) in [4.78, 5) is 35.7. The second kappa shape index (κ2) is 9.52. The molecule has 2 N–H and O–H groups in total. The maximum Gasteiger partial charge on any atom is 0.325 e. The highest BCUT2D eigenvalue weighted by molar-refractivity contribution is 5.96. The number of benzene rings is 2. The monoisotopic (exact) mass is 368 g/mol. The number of rotatable bonds is 7. The number of amides is 2. The summed E-state index contributed by atoms with van der Waals surface area (Å²) < 4.78 is 4.90. The van der Waals surface area contributed by atoms with Crippen molar-refractivity contribution in [1.82, 2.24) is 10.6 Å². The highest BCUT2D eigenvalue weighted by atomic mass is 16.5. The molecule has 2 aromatic carbocycles. The molecule has 0 saturated carbocycles. The van der Waals surface area contributed by atoms with E-state index in [-0.39, 0.29) is 18.5 Å². The van der Waals surface area contributed by atoms with E-state index in [1.807, 2.05) is 57.2 Å². The van der Waals surface area contributed by atoms with Crippen LogP contribution in [0.15, 0.2) is 48.5 Å². The van der Waals surface area contributed by atoms with Crippen LogP contribution < -0.4 is 10.6 Å². The van der Waals surface area contributed by atoms with Crippen molar-refractivity contribution in [3.63, 3.8) is 0 Å². The van der Waals surface area contributed by atoms with Gasteiger partial charge in [-0.3, -0.25) is 14.4 Å². The molecule has 0 bridgehead atoms. The van der Waals surface area contributed by atoms with Crippen LogP contribution in [0.5, 0.6) is 0 Å². The van der Waals surface area contributed by atoms with E-state index < -0.39 is 18.5 Å². The van der Waals surface area contributed by atoms with Crippen LogP contribution in [0.2, 0.25) is 0 Å². The third-order valence-electron chi connectivity index (χ3n) is 4.20. The van der Waals surface area contributed by atoms with Gasteiger partial charge in [-0.2, -0.15) is 0 Å². The van der Waals surface area contributed by atoms with Crippen LogP contribution in [-0.2, 0) is 14.3 Å². The fourth-order valence-electron chi connectivity index (χ4n) is 2.44. The first kappa shape index (κ1) is 20.2. The first-order valence-corrected chi connectivity index (χ1v) is 8.72. The van der Waals surface area contributed by atoms with Gasteiger partial charge < -0.3 is 15.4 Å². The fourth-order valence-corrected chi connectivity index (χ4v) is 2.44. The van der Waals surface area contributed by atoms with Crippen molar-refractivity contribution in [2.24, 2.45) is 0 Å². The average molecular weight is 368 g/mol. The Morgan fingerprint density at radius 2 is 1.70 bits per heavy atom. The van der Waals surface area contributed by atoms with Crippen LogP contribution >= 0.6 is 0 Å². The van der Waals surface area contributed by atoms with Gasteiger partial charge >= 0.3 is 5.97 Å². The summed E-state index contributed by atoms with van der Waals surface area (Å²) in [7, 11) is 0. The second-order valence-corrected chi connectivity index (χ2v) is 6.34. The third kappa shape index (κ3) is 6.26. The zero-order valence-electron chi connectivity index (χ0n) is 15.7. The summed E-state index contributed by atoms with van der Waals surface area (Å²) in [6.45, 7) is 5.02. The van der Waals surface area contributed by atoms with Gasteiger partial charge in [-0.05, 0) is 49.6 Å². The molecular formula is C21H24N2O4. The van der Waals surface area contributed by atoms with Crippen molar-refractivity contribution in [2.45, 2.75) is 26.8 Å². The van der Waals surface area contributed by atoms with Gasteiger partial charge in [-0.25, -0.2) is 0 Å². The smallest absolute Gasteiger partial charge is 0.325 e. The van der Waals surface area contributed by atoms with Crippen molar-refractivity contribution in [1.29, 1.82) is 0 Å². The highest BCUT2D eigenvalue weighted by Gasteiger charge is 2.13. The van der Waals surface area contributed by atoms with Gasteiger partial charge in [0.1, 0.15) is 6.54 Å². The molecule has 142 valence electrons. The Morgan fingerprint density at radius 3 is 2.37 bits per heavy atom. The van der Waals surface area contributed by atoms with Crippen LogP contribution in [0.4, 0.5) is 0 Å². The molecule has 1 atom stereocenters. The molecule has 0 aromatic heterocycles. The zero-order valence-corrected chi connectivity index (χ0v) is 15.7. The molecule has 0 fully saturated rings. The van der Waals surface area contributed by atoms with Gasteiger partial charge in [-0.1, -0.05) is 36.4 Å². The number of nitrogens with one attached hydrogen (secondary N) is 2. The minimum atomic E-state index is -0.672. The molecule has 2 amide bonds. The average Bonchev–Trinajstić information content (AvgIpc) is 2.67. The Hall–Kier alpha value is -3.15. The Bertz CT molecular complexity index is 818. The normalized spacial score (nSPS) is 11.4. The van der Waals surface area contributed by atoms with Crippen molar-refractivity contribution in [3.05, 3.63) is 70.8 Å². The van der Waals surface area contributed by atoms with Crippen LogP contribution in [-0.4, -0.2) is 30.9 Å².